The molecule has 142 valence electrons. The number of fused-ring (bicyclic) bond motifs is 1. The number of carbonyl (C=O) groups is 1. The molecule has 0 bridgehead atoms. The van der Waals surface area contributed by atoms with Gasteiger partial charge in [0.15, 0.2) is 0 Å². The van der Waals surface area contributed by atoms with Crippen LogP contribution in [0.1, 0.15) is 17.5 Å². The second-order valence-electron chi connectivity index (χ2n) is 7.02. The Labute approximate surface area is 158 Å². The molecule has 0 radical (unpaired) electrons. The van der Waals surface area contributed by atoms with Crippen LogP contribution >= 0.6 is 0 Å². The zero-order valence-corrected chi connectivity index (χ0v) is 15.6. The number of carbonyl (C=O) groups excluding carboxylic acids is 1. The van der Waals surface area contributed by atoms with Crippen LogP contribution < -0.4 is 0 Å². The highest BCUT2D eigenvalue weighted by molar-refractivity contribution is 7.89. The molecule has 2 aromatic rings. The first-order valence-corrected chi connectivity index (χ1v) is 10.5. The summed E-state index contributed by atoms with van der Waals surface area (Å²) in [7, 11) is -3.92. The summed E-state index contributed by atoms with van der Waals surface area (Å²) >= 11 is 0. The Morgan fingerprint density at radius 1 is 1.00 bits per heavy atom. The maximum Gasteiger partial charge on any atom is 0.243 e. The van der Waals surface area contributed by atoms with Gasteiger partial charge in [0.05, 0.1) is 4.90 Å². The van der Waals surface area contributed by atoms with Crippen molar-refractivity contribution in [2.45, 2.75) is 36.5 Å². The molecule has 7 heteroatoms. The van der Waals surface area contributed by atoms with Crippen LogP contribution in [-0.4, -0.2) is 48.8 Å². The number of alkyl halides is 1. The van der Waals surface area contributed by atoms with E-state index in [1.54, 1.807) is 23.1 Å². The first-order valence-electron chi connectivity index (χ1n) is 9.03. The Bertz CT molecular complexity index is 949. The van der Waals surface area contributed by atoms with Gasteiger partial charge >= 0.3 is 0 Å². The normalized spacial score (nSPS) is 23.2. The SMILES string of the molecule is O=C(C1CC(F)CN1S(=O)(=O)c1ccccc1)N1CCc2ccccc2C1. The summed E-state index contributed by atoms with van der Waals surface area (Å²) < 4.78 is 41.1. The van der Waals surface area contributed by atoms with Crippen LogP contribution in [0.25, 0.3) is 0 Å². The standard InChI is InChI=1S/C20H21FN2O3S/c21-17-12-19(23(14-17)27(25,26)18-8-2-1-3-9-18)20(24)22-11-10-15-6-4-5-7-16(15)13-22/h1-9,17,19H,10-14H2. The third kappa shape index (κ3) is 3.37. The Morgan fingerprint density at radius 3 is 2.41 bits per heavy atom. The first kappa shape index (κ1) is 18.1. The molecule has 2 unspecified atom stereocenters. The van der Waals surface area contributed by atoms with E-state index in [-0.39, 0.29) is 23.8 Å². The van der Waals surface area contributed by atoms with Crippen molar-refractivity contribution in [3.8, 4) is 0 Å². The van der Waals surface area contributed by atoms with Crippen LogP contribution in [-0.2, 0) is 27.8 Å². The molecule has 0 spiro atoms. The Morgan fingerprint density at radius 2 is 1.67 bits per heavy atom. The summed E-state index contributed by atoms with van der Waals surface area (Å²) in [6, 6.07) is 14.8. The summed E-state index contributed by atoms with van der Waals surface area (Å²) in [4.78, 5) is 14.8. The maximum atomic E-state index is 14.2. The number of benzene rings is 2. The van der Waals surface area contributed by atoms with Gasteiger partial charge in [0.1, 0.15) is 12.2 Å². The topological polar surface area (TPSA) is 57.7 Å². The van der Waals surface area contributed by atoms with Crippen LogP contribution in [0.2, 0.25) is 0 Å². The van der Waals surface area contributed by atoms with E-state index in [0.717, 1.165) is 16.3 Å². The molecule has 1 fully saturated rings. The molecule has 2 aromatic carbocycles. The number of nitrogens with zero attached hydrogens (tertiary/aromatic N) is 2. The highest BCUT2D eigenvalue weighted by atomic mass is 32.2. The zero-order chi connectivity index (χ0) is 19.0. The van der Waals surface area contributed by atoms with Gasteiger partial charge in [0.25, 0.3) is 0 Å². The van der Waals surface area contributed by atoms with Gasteiger partial charge in [-0.25, -0.2) is 12.8 Å². The van der Waals surface area contributed by atoms with Gasteiger partial charge in [-0.15, -0.1) is 0 Å². The fourth-order valence-corrected chi connectivity index (χ4v) is 5.51. The average Bonchev–Trinajstić information content (AvgIpc) is 3.10. The quantitative estimate of drug-likeness (QED) is 0.811. The largest absolute Gasteiger partial charge is 0.337 e. The smallest absolute Gasteiger partial charge is 0.243 e. The second kappa shape index (κ2) is 7.05. The summed E-state index contributed by atoms with van der Waals surface area (Å²) in [6.07, 6.45) is -0.711. The number of halogens is 1. The molecule has 0 aliphatic carbocycles. The summed E-state index contributed by atoms with van der Waals surface area (Å²) in [5, 5.41) is 0. The van der Waals surface area contributed by atoms with Crippen LogP contribution in [0.3, 0.4) is 0 Å². The molecule has 2 aliphatic rings. The van der Waals surface area contributed by atoms with E-state index < -0.39 is 22.2 Å². The predicted octanol–water partition coefficient (Wildman–Crippen LogP) is 2.37. The van der Waals surface area contributed by atoms with Gasteiger partial charge in [-0.3, -0.25) is 4.79 Å². The Kier molecular flexibility index (Phi) is 4.74. The molecule has 0 aromatic heterocycles. The number of amides is 1. The molecule has 2 atom stereocenters. The van der Waals surface area contributed by atoms with E-state index in [0.29, 0.717) is 13.1 Å². The van der Waals surface area contributed by atoms with Gasteiger partial charge in [0, 0.05) is 26.1 Å². The van der Waals surface area contributed by atoms with Crippen molar-refractivity contribution in [1.82, 2.24) is 9.21 Å². The monoisotopic (exact) mass is 388 g/mol. The molecule has 4 rings (SSSR count). The molecule has 1 amide bonds. The van der Waals surface area contributed by atoms with E-state index in [4.69, 9.17) is 0 Å². The lowest BCUT2D eigenvalue weighted by molar-refractivity contribution is -0.135. The van der Waals surface area contributed by atoms with E-state index in [1.165, 1.54) is 17.7 Å². The molecule has 2 heterocycles. The summed E-state index contributed by atoms with van der Waals surface area (Å²) in [5.41, 5.74) is 2.26. The summed E-state index contributed by atoms with van der Waals surface area (Å²) in [6.45, 7) is 0.669. The van der Waals surface area contributed by atoms with Crippen molar-refractivity contribution < 1.29 is 17.6 Å². The van der Waals surface area contributed by atoms with Crippen molar-refractivity contribution in [2.24, 2.45) is 0 Å². The van der Waals surface area contributed by atoms with Crippen LogP contribution in [0.15, 0.2) is 59.5 Å². The fourth-order valence-electron chi connectivity index (χ4n) is 3.87. The predicted molar refractivity (Wildman–Crippen MR) is 99.2 cm³/mol. The van der Waals surface area contributed by atoms with Crippen molar-refractivity contribution in [2.75, 3.05) is 13.1 Å². The third-order valence-corrected chi connectivity index (χ3v) is 7.17. The Balaban J connectivity index is 1.59. The second-order valence-corrected chi connectivity index (χ2v) is 8.91. The minimum Gasteiger partial charge on any atom is -0.337 e. The molecule has 27 heavy (non-hydrogen) atoms. The van der Waals surface area contributed by atoms with Gasteiger partial charge < -0.3 is 4.90 Å². The lowest BCUT2D eigenvalue weighted by Crippen LogP contribution is -2.49. The zero-order valence-electron chi connectivity index (χ0n) is 14.8. The lowest BCUT2D eigenvalue weighted by atomic mass is 9.99. The first-order chi connectivity index (χ1) is 13.0. The van der Waals surface area contributed by atoms with Crippen molar-refractivity contribution in [3.63, 3.8) is 0 Å². The van der Waals surface area contributed by atoms with Crippen molar-refractivity contribution in [3.05, 3.63) is 65.7 Å². The van der Waals surface area contributed by atoms with Gasteiger partial charge in [-0.1, -0.05) is 42.5 Å². The molecule has 0 N–H and O–H groups in total. The highest BCUT2D eigenvalue weighted by Gasteiger charge is 2.45. The van der Waals surface area contributed by atoms with Crippen molar-refractivity contribution in [1.29, 1.82) is 0 Å². The van der Waals surface area contributed by atoms with E-state index in [9.17, 15) is 17.6 Å². The minimum absolute atomic E-state index is 0.0842. The number of hydrogen-bond acceptors (Lipinski definition) is 3. The van der Waals surface area contributed by atoms with Crippen LogP contribution in [0, 0.1) is 0 Å². The van der Waals surface area contributed by atoms with Gasteiger partial charge in [-0.05, 0) is 29.7 Å². The minimum atomic E-state index is -3.92. The van der Waals surface area contributed by atoms with Crippen LogP contribution in [0.5, 0.6) is 0 Å². The van der Waals surface area contributed by atoms with Gasteiger partial charge in [0.2, 0.25) is 15.9 Å². The molecular weight excluding hydrogens is 367 g/mol. The maximum absolute atomic E-state index is 14.2. The Hall–Kier alpha value is -2.25. The van der Waals surface area contributed by atoms with E-state index >= 15 is 0 Å². The molecule has 2 aliphatic heterocycles. The van der Waals surface area contributed by atoms with Gasteiger partial charge in [-0.2, -0.15) is 4.31 Å². The summed E-state index contributed by atoms with van der Waals surface area (Å²) in [5.74, 6) is -0.316. The molecule has 0 saturated carbocycles. The molecule has 5 nitrogen and oxygen atoms in total. The average molecular weight is 388 g/mol. The molecule has 1 saturated heterocycles. The van der Waals surface area contributed by atoms with Crippen molar-refractivity contribution >= 4 is 15.9 Å². The highest BCUT2D eigenvalue weighted by Crippen LogP contribution is 2.30. The third-order valence-electron chi connectivity index (χ3n) is 5.28. The fraction of sp³-hybridized carbons (Fsp3) is 0.350. The van der Waals surface area contributed by atoms with E-state index in [2.05, 4.69) is 0 Å². The number of hydrogen-bond donors (Lipinski definition) is 0. The number of rotatable bonds is 3. The molecular formula is C20H21FN2O3S. The van der Waals surface area contributed by atoms with Crippen LogP contribution in [0.4, 0.5) is 4.39 Å². The van der Waals surface area contributed by atoms with E-state index in [1.807, 2.05) is 24.3 Å². The lowest BCUT2D eigenvalue weighted by Gasteiger charge is -2.33. The number of sulfonamides is 1.